The number of rotatable bonds is 4. The molecule has 0 aliphatic rings. The molecule has 0 fully saturated rings. The van der Waals surface area contributed by atoms with Gasteiger partial charge in [0.25, 0.3) is 5.92 Å². The molecule has 0 spiro atoms. The van der Waals surface area contributed by atoms with Crippen molar-refractivity contribution in [2.45, 2.75) is 32.3 Å². The number of ether oxygens (including phenoxy) is 2. The number of benzene rings is 1. The van der Waals surface area contributed by atoms with Crippen molar-refractivity contribution < 1.29 is 23.0 Å². The molecule has 118 valence electrons. The Morgan fingerprint density at radius 1 is 1.33 bits per heavy atom. The highest BCUT2D eigenvalue weighted by Gasteiger charge is 2.33. The first-order valence-corrected chi connectivity index (χ1v) is 6.35. The van der Waals surface area contributed by atoms with Crippen LogP contribution in [0.15, 0.2) is 18.2 Å². The van der Waals surface area contributed by atoms with E-state index in [0.29, 0.717) is 0 Å². The fourth-order valence-corrected chi connectivity index (χ4v) is 1.59. The van der Waals surface area contributed by atoms with Crippen LogP contribution in [0.5, 0.6) is 5.75 Å². The van der Waals surface area contributed by atoms with Gasteiger partial charge < -0.3 is 15.2 Å². The quantitative estimate of drug-likeness (QED) is 0.896. The summed E-state index contributed by atoms with van der Waals surface area (Å²) < 4.78 is 37.7. The lowest BCUT2D eigenvalue weighted by Gasteiger charge is -2.22. The number of halogens is 2. The normalized spacial score (nSPS) is 12.0. The van der Waals surface area contributed by atoms with E-state index in [0.717, 1.165) is 6.07 Å². The molecule has 21 heavy (non-hydrogen) atoms. The Balaban J connectivity index is 3.09. The highest BCUT2D eigenvalue weighted by molar-refractivity contribution is 5.86. The minimum absolute atomic E-state index is 0.0690. The minimum Gasteiger partial charge on any atom is -0.497 e. The first kappa shape index (κ1) is 17.2. The van der Waals surface area contributed by atoms with E-state index in [1.54, 1.807) is 20.8 Å². The molecule has 0 atom stereocenters. The van der Waals surface area contributed by atoms with Crippen LogP contribution in [0, 0.1) is 0 Å². The van der Waals surface area contributed by atoms with Gasteiger partial charge in [-0.3, -0.25) is 5.32 Å². The number of anilines is 1. The monoisotopic (exact) mass is 302 g/mol. The molecule has 1 amide bonds. The van der Waals surface area contributed by atoms with Crippen molar-refractivity contribution in [3.8, 4) is 5.75 Å². The van der Waals surface area contributed by atoms with Gasteiger partial charge in [-0.05, 0) is 39.0 Å². The summed E-state index contributed by atoms with van der Waals surface area (Å²) in [5, 5.41) is 2.31. The fraction of sp³-hybridized carbons (Fsp3) is 0.500. The number of carbonyl (C=O) groups excluding carboxylic acids is 1. The first-order valence-electron chi connectivity index (χ1n) is 6.35. The van der Waals surface area contributed by atoms with Crippen molar-refractivity contribution in [3.63, 3.8) is 0 Å². The van der Waals surface area contributed by atoms with Crippen LogP contribution in [0.1, 0.15) is 26.3 Å². The molecule has 0 saturated heterocycles. The van der Waals surface area contributed by atoms with E-state index in [4.69, 9.17) is 15.2 Å². The molecule has 0 saturated carbocycles. The van der Waals surface area contributed by atoms with Crippen LogP contribution in [0.4, 0.5) is 19.3 Å². The zero-order chi connectivity index (χ0) is 16.3. The smallest absolute Gasteiger partial charge is 0.412 e. The van der Waals surface area contributed by atoms with Crippen molar-refractivity contribution in [3.05, 3.63) is 23.8 Å². The summed E-state index contributed by atoms with van der Waals surface area (Å²) in [5.41, 5.74) is 3.88. The number of hydrogen-bond acceptors (Lipinski definition) is 4. The lowest BCUT2D eigenvalue weighted by Crippen LogP contribution is -2.30. The van der Waals surface area contributed by atoms with Crippen LogP contribution in [0.2, 0.25) is 0 Å². The van der Waals surface area contributed by atoms with Crippen molar-refractivity contribution in [2.24, 2.45) is 5.73 Å². The van der Waals surface area contributed by atoms with Gasteiger partial charge in [0, 0.05) is 5.56 Å². The molecule has 3 N–H and O–H groups in total. The molecular weight excluding hydrogens is 282 g/mol. The standard InChI is InChI=1S/C14H20F2N2O3/c1-13(2,3)21-12(19)18-11-6-5-9(20-4)7-10(11)14(15,16)8-17/h5-7H,8,17H2,1-4H3,(H,18,19). The Bertz CT molecular complexity index is 513. The second-order valence-electron chi connectivity index (χ2n) is 5.45. The third-order valence-electron chi connectivity index (χ3n) is 2.51. The summed E-state index contributed by atoms with van der Waals surface area (Å²) in [6.07, 6.45) is -0.818. The summed E-state index contributed by atoms with van der Waals surface area (Å²) >= 11 is 0. The van der Waals surface area contributed by atoms with Gasteiger partial charge in [-0.25, -0.2) is 4.79 Å². The van der Waals surface area contributed by atoms with Crippen molar-refractivity contribution in [2.75, 3.05) is 19.0 Å². The van der Waals surface area contributed by atoms with Crippen molar-refractivity contribution in [1.82, 2.24) is 0 Å². The summed E-state index contributed by atoms with van der Waals surface area (Å²) in [6, 6.07) is 3.92. The fourth-order valence-electron chi connectivity index (χ4n) is 1.59. The summed E-state index contributed by atoms with van der Waals surface area (Å²) in [6.45, 7) is 4.14. The number of amides is 1. The minimum atomic E-state index is -3.29. The summed E-state index contributed by atoms with van der Waals surface area (Å²) in [4.78, 5) is 11.7. The van der Waals surface area contributed by atoms with Gasteiger partial charge in [0.2, 0.25) is 0 Å². The molecule has 0 aromatic heterocycles. The summed E-state index contributed by atoms with van der Waals surface area (Å²) in [7, 11) is 1.36. The Labute approximate surface area is 122 Å². The largest absolute Gasteiger partial charge is 0.497 e. The molecular formula is C14H20F2N2O3. The maximum atomic E-state index is 13.9. The first-order chi connectivity index (χ1) is 9.59. The van der Waals surface area contributed by atoms with Gasteiger partial charge in [-0.15, -0.1) is 0 Å². The zero-order valence-electron chi connectivity index (χ0n) is 12.5. The molecule has 0 aliphatic carbocycles. The Morgan fingerprint density at radius 2 is 1.95 bits per heavy atom. The van der Waals surface area contributed by atoms with Crippen molar-refractivity contribution >= 4 is 11.8 Å². The third-order valence-corrected chi connectivity index (χ3v) is 2.51. The van der Waals surface area contributed by atoms with Gasteiger partial charge in [0.05, 0.1) is 19.3 Å². The molecule has 0 heterocycles. The molecule has 0 radical (unpaired) electrons. The van der Waals surface area contributed by atoms with Crippen LogP contribution in [0.25, 0.3) is 0 Å². The molecule has 0 bridgehead atoms. The number of nitrogens with two attached hydrogens (primary N) is 1. The van der Waals surface area contributed by atoms with E-state index in [2.05, 4.69) is 5.32 Å². The van der Waals surface area contributed by atoms with E-state index < -0.39 is 29.7 Å². The van der Waals surface area contributed by atoms with E-state index in [1.165, 1.54) is 19.2 Å². The Hall–Kier alpha value is -1.89. The second-order valence-corrected chi connectivity index (χ2v) is 5.45. The molecule has 0 unspecified atom stereocenters. The number of nitrogens with one attached hydrogen (secondary N) is 1. The average molecular weight is 302 g/mol. The number of alkyl halides is 2. The SMILES string of the molecule is COc1ccc(NC(=O)OC(C)(C)C)c(C(F)(F)CN)c1. The van der Waals surface area contributed by atoms with Gasteiger partial charge in [-0.1, -0.05) is 0 Å². The lowest BCUT2D eigenvalue weighted by atomic mass is 10.1. The van der Waals surface area contributed by atoms with Gasteiger partial charge in [-0.2, -0.15) is 8.78 Å². The van der Waals surface area contributed by atoms with E-state index in [9.17, 15) is 13.6 Å². The molecule has 1 aromatic rings. The highest BCUT2D eigenvalue weighted by Crippen LogP contribution is 2.35. The van der Waals surface area contributed by atoms with Gasteiger partial charge in [0.1, 0.15) is 11.4 Å². The Kier molecular flexibility index (Phi) is 5.11. The number of methoxy groups -OCH3 is 1. The molecule has 5 nitrogen and oxygen atoms in total. The van der Waals surface area contributed by atoms with E-state index >= 15 is 0 Å². The topological polar surface area (TPSA) is 73.6 Å². The predicted octanol–water partition coefficient (Wildman–Crippen LogP) is 3.09. The van der Waals surface area contributed by atoms with Gasteiger partial charge in [0.15, 0.2) is 0 Å². The van der Waals surface area contributed by atoms with Crippen LogP contribution < -0.4 is 15.8 Å². The highest BCUT2D eigenvalue weighted by atomic mass is 19.3. The molecule has 7 heteroatoms. The maximum absolute atomic E-state index is 13.9. The summed E-state index contributed by atoms with van der Waals surface area (Å²) in [5.74, 6) is -3.05. The van der Waals surface area contributed by atoms with Crippen LogP contribution >= 0.6 is 0 Å². The molecule has 1 aromatic carbocycles. The van der Waals surface area contributed by atoms with Crippen LogP contribution in [-0.4, -0.2) is 25.3 Å². The van der Waals surface area contributed by atoms with Crippen LogP contribution in [-0.2, 0) is 10.7 Å². The van der Waals surface area contributed by atoms with Gasteiger partial charge >= 0.3 is 6.09 Å². The maximum Gasteiger partial charge on any atom is 0.412 e. The number of carbonyl (C=O) groups is 1. The van der Waals surface area contributed by atoms with E-state index in [-0.39, 0.29) is 11.4 Å². The van der Waals surface area contributed by atoms with E-state index in [1.807, 2.05) is 0 Å². The third kappa shape index (κ3) is 4.86. The lowest BCUT2D eigenvalue weighted by molar-refractivity contribution is 0.00646. The van der Waals surface area contributed by atoms with Crippen LogP contribution in [0.3, 0.4) is 0 Å². The second kappa shape index (κ2) is 6.26. The van der Waals surface area contributed by atoms with Crippen molar-refractivity contribution in [1.29, 1.82) is 0 Å². The average Bonchev–Trinajstić information content (AvgIpc) is 2.36. The Morgan fingerprint density at radius 3 is 2.43 bits per heavy atom. The molecule has 1 rings (SSSR count). The number of hydrogen-bond donors (Lipinski definition) is 2. The predicted molar refractivity (Wildman–Crippen MR) is 75.8 cm³/mol. The zero-order valence-corrected chi connectivity index (χ0v) is 12.5. The molecule has 0 aliphatic heterocycles.